The van der Waals surface area contributed by atoms with Gasteiger partial charge in [-0.15, -0.1) is 0 Å². The van der Waals surface area contributed by atoms with E-state index in [1.807, 2.05) is 0 Å². The number of nitrogens with zero attached hydrogens (tertiary/aromatic N) is 1. The van der Waals surface area contributed by atoms with Crippen LogP contribution >= 0.6 is 0 Å². The second-order valence-electron chi connectivity index (χ2n) is 6.53. The summed E-state index contributed by atoms with van der Waals surface area (Å²) in [7, 11) is 0. The van der Waals surface area contributed by atoms with Crippen molar-refractivity contribution in [3.63, 3.8) is 0 Å². The Labute approximate surface area is 134 Å². The number of carbonyl (C=O) groups excluding carboxylic acids is 2. The minimum Gasteiger partial charge on any atom is -0.457 e. The Morgan fingerprint density at radius 1 is 1.26 bits per heavy atom. The predicted octanol–water partition coefficient (Wildman–Crippen LogP) is 3.15. The van der Waals surface area contributed by atoms with Crippen molar-refractivity contribution in [2.75, 3.05) is 6.61 Å². The van der Waals surface area contributed by atoms with Crippen molar-refractivity contribution in [2.24, 2.45) is 17.8 Å². The van der Waals surface area contributed by atoms with Gasteiger partial charge in [-0.3, -0.25) is 19.7 Å². The van der Waals surface area contributed by atoms with Crippen LogP contribution in [-0.4, -0.2) is 23.3 Å². The van der Waals surface area contributed by atoms with E-state index in [0.29, 0.717) is 18.3 Å². The highest BCUT2D eigenvalue weighted by Gasteiger charge is 2.40. The molecule has 0 radical (unpaired) electrons. The maximum Gasteiger partial charge on any atom is 0.306 e. The number of benzene rings is 1. The van der Waals surface area contributed by atoms with E-state index in [1.54, 1.807) is 0 Å². The Morgan fingerprint density at radius 3 is 2.74 bits per heavy atom. The summed E-state index contributed by atoms with van der Waals surface area (Å²) >= 11 is 0. The van der Waals surface area contributed by atoms with Crippen molar-refractivity contribution in [3.8, 4) is 0 Å². The number of ketones is 1. The molecule has 1 aromatic rings. The Morgan fingerprint density at radius 2 is 2.09 bits per heavy atom. The van der Waals surface area contributed by atoms with Crippen LogP contribution in [0, 0.1) is 27.9 Å². The summed E-state index contributed by atoms with van der Waals surface area (Å²) in [5.41, 5.74) is 0.0380. The molecule has 1 aromatic carbocycles. The second-order valence-corrected chi connectivity index (χ2v) is 6.53. The van der Waals surface area contributed by atoms with Crippen molar-refractivity contribution in [1.29, 1.82) is 0 Å². The number of esters is 1. The molecule has 0 amide bonds. The van der Waals surface area contributed by atoms with Crippen LogP contribution in [0.15, 0.2) is 24.3 Å². The molecule has 0 aliphatic heterocycles. The molecule has 2 bridgehead atoms. The molecule has 0 spiro atoms. The molecule has 2 saturated carbocycles. The van der Waals surface area contributed by atoms with Crippen molar-refractivity contribution in [1.82, 2.24) is 0 Å². The number of non-ortho nitro benzene ring substituents is 1. The topological polar surface area (TPSA) is 86.5 Å². The lowest BCUT2D eigenvalue weighted by atomic mass is 9.86. The van der Waals surface area contributed by atoms with Gasteiger partial charge >= 0.3 is 5.97 Å². The molecule has 2 aliphatic rings. The lowest BCUT2D eigenvalue weighted by Crippen LogP contribution is -2.19. The van der Waals surface area contributed by atoms with Crippen LogP contribution in [0.1, 0.15) is 42.5 Å². The van der Waals surface area contributed by atoms with Gasteiger partial charge in [0.05, 0.1) is 4.92 Å². The number of ether oxygens (including phenoxy) is 1. The first kappa shape index (κ1) is 15.6. The van der Waals surface area contributed by atoms with E-state index < -0.39 is 10.7 Å². The van der Waals surface area contributed by atoms with Crippen LogP contribution in [0.25, 0.3) is 0 Å². The van der Waals surface area contributed by atoms with E-state index in [9.17, 15) is 19.7 Å². The fourth-order valence-corrected chi connectivity index (χ4v) is 3.92. The first-order valence-electron chi connectivity index (χ1n) is 7.96. The van der Waals surface area contributed by atoms with Gasteiger partial charge in [0.2, 0.25) is 5.78 Å². The molecule has 0 heterocycles. The molecule has 122 valence electrons. The maximum atomic E-state index is 12.0. The predicted molar refractivity (Wildman–Crippen MR) is 81.9 cm³/mol. The zero-order chi connectivity index (χ0) is 16.4. The summed E-state index contributed by atoms with van der Waals surface area (Å²) in [5, 5.41) is 10.7. The van der Waals surface area contributed by atoms with Crippen molar-refractivity contribution in [3.05, 3.63) is 39.9 Å². The minimum atomic E-state index is -0.558. The largest absolute Gasteiger partial charge is 0.457 e. The second kappa shape index (κ2) is 6.48. The third-order valence-electron chi connectivity index (χ3n) is 5.06. The minimum absolute atomic E-state index is 0.149. The molecule has 0 N–H and O–H groups in total. The Bertz CT molecular complexity index is 642. The average Bonchev–Trinajstić information content (AvgIpc) is 3.15. The fraction of sp³-hybridized carbons (Fsp3) is 0.529. The smallest absolute Gasteiger partial charge is 0.306 e. The van der Waals surface area contributed by atoms with E-state index in [4.69, 9.17) is 4.74 Å². The van der Waals surface area contributed by atoms with Gasteiger partial charge < -0.3 is 4.74 Å². The molecule has 0 unspecified atom stereocenters. The molecule has 3 rings (SSSR count). The molecular formula is C17H19NO5. The zero-order valence-corrected chi connectivity index (χ0v) is 12.8. The molecule has 3 atom stereocenters. The Kier molecular flexibility index (Phi) is 4.41. The van der Waals surface area contributed by atoms with Crippen molar-refractivity contribution >= 4 is 17.4 Å². The molecule has 0 saturated heterocycles. The van der Waals surface area contributed by atoms with Gasteiger partial charge in [-0.05, 0) is 37.0 Å². The number of carbonyl (C=O) groups is 2. The van der Waals surface area contributed by atoms with Gasteiger partial charge in [0, 0.05) is 24.1 Å². The van der Waals surface area contributed by atoms with Gasteiger partial charge in [0.15, 0.2) is 6.61 Å². The van der Waals surface area contributed by atoms with Crippen LogP contribution in [0.3, 0.4) is 0 Å². The van der Waals surface area contributed by atoms with E-state index in [1.165, 1.54) is 43.5 Å². The molecule has 0 aromatic heterocycles. The van der Waals surface area contributed by atoms with Gasteiger partial charge in [-0.25, -0.2) is 0 Å². The summed E-state index contributed by atoms with van der Waals surface area (Å²) < 4.78 is 5.07. The molecule has 2 fully saturated rings. The van der Waals surface area contributed by atoms with Gasteiger partial charge in [0.25, 0.3) is 5.69 Å². The molecule has 6 nitrogen and oxygen atoms in total. The number of fused-ring (bicyclic) bond motifs is 2. The summed E-state index contributed by atoms with van der Waals surface area (Å²) in [6.07, 6.45) is 5.18. The van der Waals surface area contributed by atoms with E-state index in [2.05, 4.69) is 0 Å². The number of hydrogen-bond donors (Lipinski definition) is 0. The molecule has 23 heavy (non-hydrogen) atoms. The molecule has 6 heteroatoms. The van der Waals surface area contributed by atoms with E-state index in [0.717, 1.165) is 12.3 Å². The SMILES string of the molecule is O=C(C[C@H]1C[C@@H]2CC[C@H]1C2)OCC(=O)c1cccc([N+](=O)[O-])c1. The van der Waals surface area contributed by atoms with Crippen LogP contribution < -0.4 is 0 Å². The number of rotatable bonds is 6. The summed E-state index contributed by atoms with van der Waals surface area (Å²) in [6, 6.07) is 5.45. The van der Waals surface area contributed by atoms with Crippen molar-refractivity contribution in [2.45, 2.75) is 32.1 Å². The van der Waals surface area contributed by atoms with Crippen LogP contribution in [0.4, 0.5) is 5.69 Å². The summed E-state index contributed by atoms with van der Waals surface area (Å²) in [6.45, 7) is -0.360. The van der Waals surface area contributed by atoms with Crippen LogP contribution in [-0.2, 0) is 9.53 Å². The zero-order valence-electron chi connectivity index (χ0n) is 12.8. The van der Waals surface area contributed by atoms with Crippen LogP contribution in [0.5, 0.6) is 0 Å². The van der Waals surface area contributed by atoms with E-state index in [-0.39, 0.29) is 23.8 Å². The number of hydrogen-bond acceptors (Lipinski definition) is 5. The number of nitro groups is 1. The van der Waals surface area contributed by atoms with E-state index >= 15 is 0 Å². The normalized spacial score (nSPS) is 25.3. The lowest BCUT2D eigenvalue weighted by Gasteiger charge is -2.20. The standard InChI is InChI=1S/C17H19NO5/c19-16(13-2-1-3-15(8-13)18(21)22)10-23-17(20)9-14-7-11-4-5-12(14)6-11/h1-3,8,11-12,14H,4-7,9-10H2/t11-,12+,14-/m1/s1. The summed E-state index contributed by atoms with van der Waals surface area (Å²) in [5.74, 6) is 1.04. The van der Waals surface area contributed by atoms with Gasteiger partial charge in [-0.2, -0.15) is 0 Å². The molecular weight excluding hydrogens is 298 g/mol. The quantitative estimate of drug-likeness (QED) is 0.348. The molecule has 2 aliphatic carbocycles. The third kappa shape index (κ3) is 3.57. The lowest BCUT2D eigenvalue weighted by molar-refractivity contribution is -0.384. The van der Waals surface area contributed by atoms with Gasteiger partial charge in [0.1, 0.15) is 0 Å². The van der Waals surface area contributed by atoms with Gasteiger partial charge in [-0.1, -0.05) is 18.6 Å². The highest BCUT2D eigenvalue weighted by Crippen LogP contribution is 2.49. The monoisotopic (exact) mass is 317 g/mol. The van der Waals surface area contributed by atoms with Crippen molar-refractivity contribution < 1.29 is 19.2 Å². The Balaban J connectivity index is 1.49. The third-order valence-corrected chi connectivity index (χ3v) is 5.06. The Hall–Kier alpha value is -2.24. The highest BCUT2D eigenvalue weighted by molar-refractivity contribution is 5.98. The highest BCUT2D eigenvalue weighted by atomic mass is 16.6. The fourth-order valence-electron chi connectivity index (χ4n) is 3.92. The number of nitro benzene ring substituents is 1. The average molecular weight is 317 g/mol. The maximum absolute atomic E-state index is 12.0. The van der Waals surface area contributed by atoms with Crippen LogP contribution in [0.2, 0.25) is 0 Å². The number of Topliss-reactive ketones (excluding diaryl/α,β-unsaturated/α-hetero) is 1. The summed E-state index contributed by atoms with van der Waals surface area (Å²) in [4.78, 5) is 34.0. The first-order chi connectivity index (χ1) is 11.0. The first-order valence-corrected chi connectivity index (χ1v) is 7.96.